The maximum absolute atomic E-state index is 13.4. The lowest BCUT2D eigenvalue weighted by molar-refractivity contribution is 0.394. The molecule has 2 nitrogen and oxygen atoms in total. The van der Waals surface area contributed by atoms with Crippen LogP contribution in [0.5, 0.6) is 0 Å². The van der Waals surface area contributed by atoms with Gasteiger partial charge in [0.15, 0.2) is 0 Å². The molecule has 1 aromatic carbocycles. The van der Waals surface area contributed by atoms with Crippen LogP contribution in [0.15, 0.2) is 18.2 Å². The van der Waals surface area contributed by atoms with Gasteiger partial charge in [0.05, 0.1) is 0 Å². The summed E-state index contributed by atoms with van der Waals surface area (Å²) in [5.41, 5.74) is 3.52. The summed E-state index contributed by atoms with van der Waals surface area (Å²) in [7, 11) is 0. The van der Waals surface area contributed by atoms with E-state index in [2.05, 4.69) is 31.1 Å². The molecule has 2 heterocycles. The van der Waals surface area contributed by atoms with Gasteiger partial charge in [0.2, 0.25) is 0 Å². The SMILES string of the molecule is CC1NCC(C)(C)c2c1[nH]c1ccc(F)cc21. The molecule has 1 unspecified atom stereocenters. The van der Waals surface area contributed by atoms with Crippen LogP contribution in [-0.4, -0.2) is 11.5 Å². The lowest BCUT2D eigenvalue weighted by atomic mass is 9.79. The van der Waals surface area contributed by atoms with Crippen molar-refractivity contribution in [1.29, 1.82) is 0 Å². The van der Waals surface area contributed by atoms with Crippen LogP contribution in [0, 0.1) is 5.82 Å². The molecular formula is C14H17FN2. The Balaban J connectivity index is 2.38. The second-order valence-corrected chi connectivity index (χ2v) is 5.59. The van der Waals surface area contributed by atoms with Crippen LogP contribution in [0.2, 0.25) is 0 Å². The van der Waals surface area contributed by atoms with Gasteiger partial charge in [0, 0.05) is 34.6 Å². The fraction of sp³-hybridized carbons (Fsp3) is 0.429. The molecule has 0 radical (unpaired) electrons. The van der Waals surface area contributed by atoms with Gasteiger partial charge >= 0.3 is 0 Å². The quantitative estimate of drug-likeness (QED) is 0.717. The average Bonchev–Trinajstić information content (AvgIpc) is 2.64. The predicted octanol–water partition coefficient (Wildman–Crippen LogP) is 3.25. The Labute approximate surface area is 100 Å². The third kappa shape index (κ3) is 1.49. The fourth-order valence-electron chi connectivity index (χ4n) is 2.84. The van der Waals surface area contributed by atoms with Gasteiger partial charge in [-0.05, 0) is 30.7 Å². The van der Waals surface area contributed by atoms with Crippen LogP contribution in [0.1, 0.15) is 38.1 Å². The van der Waals surface area contributed by atoms with Crippen LogP contribution in [-0.2, 0) is 5.41 Å². The van der Waals surface area contributed by atoms with E-state index in [-0.39, 0.29) is 11.2 Å². The third-order valence-corrected chi connectivity index (χ3v) is 3.75. The van der Waals surface area contributed by atoms with Gasteiger partial charge in [-0.15, -0.1) is 0 Å². The molecule has 17 heavy (non-hydrogen) atoms. The summed E-state index contributed by atoms with van der Waals surface area (Å²) >= 11 is 0. The fourth-order valence-corrected chi connectivity index (χ4v) is 2.84. The monoisotopic (exact) mass is 232 g/mol. The predicted molar refractivity (Wildman–Crippen MR) is 67.7 cm³/mol. The van der Waals surface area contributed by atoms with Gasteiger partial charge < -0.3 is 10.3 Å². The molecule has 0 bridgehead atoms. The molecule has 0 aliphatic carbocycles. The first-order valence-electron chi connectivity index (χ1n) is 6.04. The van der Waals surface area contributed by atoms with E-state index in [1.807, 2.05) is 6.07 Å². The Morgan fingerprint density at radius 2 is 2.12 bits per heavy atom. The number of aromatic nitrogens is 1. The molecule has 0 saturated carbocycles. The largest absolute Gasteiger partial charge is 0.357 e. The lowest BCUT2D eigenvalue weighted by Gasteiger charge is -2.34. The van der Waals surface area contributed by atoms with Gasteiger partial charge in [-0.25, -0.2) is 4.39 Å². The van der Waals surface area contributed by atoms with E-state index in [4.69, 9.17) is 0 Å². The van der Waals surface area contributed by atoms with E-state index in [0.717, 1.165) is 17.4 Å². The van der Waals surface area contributed by atoms with Crippen molar-refractivity contribution in [3.63, 3.8) is 0 Å². The zero-order valence-electron chi connectivity index (χ0n) is 10.4. The molecule has 2 N–H and O–H groups in total. The van der Waals surface area contributed by atoms with Crippen molar-refractivity contribution in [3.8, 4) is 0 Å². The molecule has 0 fully saturated rings. The first kappa shape index (κ1) is 10.8. The molecule has 1 aliphatic rings. The van der Waals surface area contributed by atoms with E-state index >= 15 is 0 Å². The highest BCUT2D eigenvalue weighted by molar-refractivity contribution is 5.86. The molecule has 3 rings (SSSR count). The summed E-state index contributed by atoms with van der Waals surface area (Å²) in [6, 6.07) is 5.28. The number of nitrogens with one attached hydrogen (secondary N) is 2. The number of halogens is 1. The molecule has 0 saturated heterocycles. The van der Waals surface area contributed by atoms with Crippen LogP contribution in [0.3, 0.4) is 0 Å². The summed E-state index contributed by atoms with van der Waals surface area (Å²) in [5.74, 6) is -0.165. The molecule has 0 spiro atoms. The van der Waals surface area contributed by atoms with Gasteiger partial charge in [0.25, 0.3) is 0 Å². The van der Waals surface area contributed by atoms with Gasteiger partial charge in [-0.1, -0.05) is 13.8 Å². The van der Waals surface area contributed by atoms with Crippen molar-refractivity contribution < 1.29 is 4.39 Å². The molecule has 0 amide bonds. The normalized spacial score (nSPS) is 22.7. The van der Waals surface area contributed by atoms with Crippen molar-refractivity contribution in [2.24, 2.45) is 0 Å². The van der Waals surface area contributed by atoms with Gasteiger partial charge in [-0.3, -0.25) is 0 Å². The topological polar surface area (TPSA) is 27.8 Å². The van der Waals surface area contributed by atoms with Crippen LogP contribution < -0.4 is 5.32 Å². The average molecular weight is 232 g/mol. The molecule has 1 atom stereocenters. The molecular weight excluding hydrogens is 215 g/mol. The minimum absolute atomic E-state index is 0.0356. The first-order valence-corrected chi connectivity index (χ1v) is 6.04. The second kappa shape index (κ2) is 3.33. The Kier molecular flexibility index (Phi) is 2.11. The highest BCUT2D eigenvalue weighted by atomic mass is 19.1. The zero-order valence-corrected chi connectivity index (χ0v) is 10.4. The second-order valence-electron chi connectivity index (χ2n) is 5.59. The highest BCUT2D eigenvalue weighted by Gasteiger charge is 2.33. The van der Waals surface area contributed by atoms with Crippen LogP contribution in [0.25, 0.3) is 10.9 Å². The Morgan fingerprint density at radius 1 is 1.35 bits per heavy atom. The van der Waals surface area contributed by atoms with Gasteiger partial charge in [0.1, 0.15) is 5.82 Å². The van der Waals surface area contributed by atoms with Crippen molar-refractivity contribution >= 4 is 10.9 Å². The zero-order chi connectivity index (χ0) is 12.2. The van der Waals surface area contributed by atoms with E-state index in [9.17, 15) is 4.39 Å². The summed E-state index contributed by atoms with van der Waals surface area (Å²) in [4.78, 5) is 3.42. The molecule has 3 heteroatoms. The number of aromatic amines is 1. The summed E-state index contributed by atoms with van der Waals surface area (Å²) < 4.78 is 13.4. The Hall–Kier alpha value is -1.35. The number of H-pyrrole nitrogens is 1. The van der Waals surface area contributed by atoms with E-state index in [1.54, 1.807) is 6.07 Å². The number of hydrogen-bond donors (Lipinski definition) is 2. The van der Waals surface area contributed by atoms with Crippen molar-refractivity contribution in [2.75, 3.05) is 6.54 Å². The third-order valence-electron chi connectivity index (χ3n) is 3.75. The van der Waals surface area contributed by atoms with E-state index in [0.29, 0.717) is 6.04 Å². The minimum Gasteiger partial charge on any atom is -0.357 e. The maximum atomic E-state index is 13.4. The van der Waals surface area contributed by atoms with Crippen LogP contribution in [0.4, 0.5) is 4.39 Å². The highest BCUT2D eigenvalue weighted by Crippen LogP contribution is 2.39. The standard InChI is InChI=1S/C14H17FN2/c1-8-13-12(14(2,3)7-16-8)10-6-9(15)4-5-11(10)17-13/h4-6,8,16-17H,7H2,1-3H3. The summed E-state index contributed by atoms with van der Waals surface area (Å²) in [6.07, 6.45) is 0. The number of benzene rings is 1. The van der Waals surface area contributed by atoms with Crippen molar-refractivity contribution in [2.45, 2.75) is 32.2 Å². The first-order chi connectivity index (χ1) is 7.99. The maximum Gasteiger partial charge on any atom is 0.123 e. The number of fused-ring (bicyclic) bond motifs is 3. The smallest absolute Gasteiger partial charge is 0.123 e. The summed E-state index contributed by atoms with van der Waals surface area (Å²) in [6.45, 7) is 7.45. The number of rotatable bonds is 0. The van der Waals surface area contributed by atoms with E-state index in [1.165, 1.54) is 17.3 Å². The van der Waals surface area contributed by atoms with Crippen LogP contribution >= 0.6 is 0 Å². The van der Waals surface area contributed by atoms with Crippen molar-refractivity contribution in [1.82, 2.24) is 10.3 Å². The molecule has 1 aromatic heterocycles. The summed E-state index contributed by atoms with van der Waals surface area (Å²) in [5, 5.41) is 4.51. The lowest BCUT2D eigenvalue weighted by Crippen LogP contribution is -2.40. The van der Waals surface area contributed by atoms with E-state index < -0.39 is 0 Å². The minimum atomic E-state index is -0.165. The Bertz CT molecular complexity index is 583. The molecule has 2 aromatic rings. The molecule has 1 aliphatic heterocycles. The number of hydrogen-bond acceptors (Lipinski definition) is 1. The van der Waals surface area contributed by atoms with Crippen molar-refractivity contribution in [3.05, 3.63) is 35.3 Å². The van der Waals surface area contributed by atoms with Gasteiger partial charge in [-0.2, -0.15) is 0 Å². The Morgan fingerprint density at radius 3 is 2.88 bits per heavy atom. The molecule has 90 valence electrons.